The Morgan fingerprint density at radius 3 is 2.44 bits per heavy atom. The Balaban J connectivity index is 1.38. The molecule has 4 aromatic rings. The summed E-state index contributed by atoms with van der Waals surface area (Å²) in [7, 11) is 0. The van der Waals surface area contributed by atoms with Crippen LogP contribution >= 0.6 is 0 Å². The van der Waals surface area contributed by atoms with Gasteiger partial charge in [-0.1, -0.05) is 82.1 Å². The van der Waals surface area contributed by atoms with Crippen LogP contribution in [0.1, 0.15) is 68.5 Å². The molecule has 0 radical (unpaired) electrons. The normalized spacial score (nSPS) is 14.3. The minimum absolute atomic E-state index is 0.00434. The van der Waals surface area contributed by atoms with Crippen LogP contribution in [0.4, 0.5) is 0 Å². The molecule has 2 aromatic carbocycles. The first-order chi connectivity index (χ1) is 17.4. The van der Waals surface area contributed by atoms with Crippen LogP contribution in [0.3, 0.4) is 0 Å². The molecule has 9 heteroatoms. The van der Waals surface area contributed by atoms with Crippen molar-refractivity contribution in [2.75, 3.05) is 0 Å². The van der Waals surface area contributed by atoms with Gasteiger partial charge in [-0.3, -0.25) is 4.79 Å². The number of aromatic nitrogens is 7. The fourth-order valence-electron chi connectivity index (χ4n) is 4.69. The lowest BCUT2D eigenvalue weighted by molar-refractivity contribution is 0.0926. The number of nitrogens with one attached hydrogen (secondary N) is 2. The summed E-state index contributed by atoms with van der Waals surface area (Å²) in [4.78, 5) is 17.5. The molecule has 36 heavy (non-hydrogen) atoms. The number of tetrazole rings is 1. The molecule has 0 spiro atoms. The average molecular weight is 485 g/mol. The molecule has 0 saturated heterocycles. The van der Waals surface area contributed by atoms with Gasteiger partial charge in [0.15, 0.2) is 0 Å². The number of benzene rings is 2. The fourth-order valence-corrected chi connectivity index (χ4v) is 4.69. The zero-order chi connectivity index (χ0) is 25.1. The third-order valence-electron chi connectivity index (χ3n) is 6.41. The van der Waals surface area contributed by atoms with Crippen molar-refractivity contribution < 1.29 is 4.79 Å². The smallest absolute Gasteiger partial charge is 0.291 e. The van der Waals surface area contributed by atoms with Crippen molar-refractivity contribution >= 4 is 5.91 Å². The molecular weight excluding hydrogens is 452 g/mol. The van der Waals surface area contributed by atoms with E-state index in [0.29, 0.717) is 18.8 Å². The summed E-state index contributed by atoms with van der Waals surface area (Å²) in [5.74, 6) is 1.44. The minimum Gasteiger partial charge on any atom is -0.347 e. The van der Waals surface area contributed by atoms with Crippen LogP contribution in [0.25, 0.3) is 22.5 Å². The zero-order valence-electron chi connectivity index (χ0n) is 21.0. The molecule has 2 heterocycles. The van der Waals surface area contributed by atoms with E-state index in [4.69, 9.17) is 0 Å². The number of aromatic amines is 1. The first kappa shape index (κ1) is 23.8. The standard InChI is InChI=1S/C27H32N8O/c1-27(2,3)17-35-23(29-25(32-35)26(36)28-20-8-4-5-9-20)16-18-12-14-19(15-13-18)21-10-6-7-11-22(21)24-30-33-34-31-24/h6-7,10-15,20H,4-5,8-9,16-17H2,1-3H3,(H,28,36)(H,30,31,33,34). The molecule has 1 aliphatic carbocycles. The molecule has 1 aliphatic rings. The molecule has 0 aliphatic heterocycles. The van der Waals surface area contributed by atoms with Crippen molar-refractivity contribution in [3.05, 3.63) is 65.7 Å². The highest BCUT2D eigenvalue weighted by Gasteiger charge is 2.24. The van der Waals surface area contributed by atoms with E-state index in [2.05, 4.69) is 87.1 Å². The number of hydrogen-bond acceptors (Lipinski definition) is 6. The predicted molar refractivity (Wildman–Crippen MR) is 137 cm³/mol. The second kappa shape index (κ2) is 10.0. The summed E-state index contributed by atoms with van der Waals surface area (Å²) in [6, 6.07) is 16.6. The molecule has 2 aromatic heterocycles. The van der Waals surface area contributed by atoms with Gasteiger partial charge in [-0.2, -0.15) is 5.21 Å². The third kappa shape index (κ3) is 5.50. The van der Waals surface area contributed by atoms with Gasteiger partial charge in [0, 0.05) is 24.6 Å². The number of H-pyrrole nitrogens is 1. The van der Waals surface area contributed by atoms with Gasteiger partial charge in [0.05, 0.1) is 0 Å². The van der Waals surface area contributed by atoms with Gasteiger partial charge in [-0.15, -0.1) is 15.3 Å². The van der Waals surface area contributed by atoms with Crippen molar-refractivity contribution in [2.24, 2.45) is 5.41 Å². The summed E-state index contributed by atoms with van der Waals surface area (Å²) in [5.41, 5.74) is 4.12. The third-order valence-corrected chi connectivity index (χ3v) is 6.41. The highest BCUT2D eigenvalue weighted by Crippen LogP contribution is 2.30. The van der Waals surface area contributed by atoms with Gasteiger partial charge in [-0.05, 0) is 40.2 Å². The molecule has 9 nitrogen and oxygen atoms in total. The van der Waals surface area contributed by atoms with Gasteiger partial charge in [0.1, 0.15) is 5.82 Å². The Kier molecular flexibility index (Phi) is 6.63. The van der Waals surface area contributed by atoms with E-state index in [-0.39, 0.29) is 23.2 Å². The highest BCUT2D eigenvalue weighted by molar-refractivity contribution is 5.90. The summed E-state index contributed by atoms with van der Waals surface area (Å²) in [5, 5.41) is 22.2. The summed E-state index contributed by atoms with van der Waals surface area (Å²) in [6.07, 6.45) is 4.98. The molecule has 1 amide bonds. The number of amides is 1. The second-order valence-electron chi connectivity index (χ2n) is 10.7. The largest absolute Gasteiger partial charge is 0.347 e. The first-order valence-corrected chi connectivity index (χ1v) is 12.5. The van der Waals surface area contributed by atoms with Crippen LogP contribution in [-0.2, 0) is 13.0 Å². The molecule has 5 rings (SSSR count). The first-order valence-electron chi connectivity index (χ1n) is 12.5. The topological polar surface area (TPSA) is 114 Å². The Hall–Kier alpha value is -3.88. The van der Waals surface area contributed by atoms with Crippen LogP contribution in [0.15, 0.2) is 48.5 Å². The molecule has 1 saturated carbocycles. The van der Waals surface area contributed by atoms with E-state index < -0.39 is 0 Å². The van der Waals surface area contributed by atoms with Crippen molar-refractivity contribution in [3.63, 3.8) is 0 Å². The quantitative estimate of drug-likeness (QED) is 0.401. The lowest BCUT2D eigenvalue weighted by Gasteiger charge is -2.19. The molecule has 2 N–H and O–H groups in total. The SMILES string of the molecule is CC(C)(C)Cn1nc(C(=O)NC2CCCC2)nc1Cc1ccc(-c2ccccc2-c2nn[nH]n2)cc1. The summed E-state index contributed by atoms with van der Waals surface area (Å²) in [6.45, 7) is 7.16. The fraction of sp³-hybridized carbons (Fsp3) is 0.407. The Morgan fingerprint density at radius 1 is 1.06 bits per heavy atom. The van der Waals surface area contributed by atoms with Gasteiger partial charge >= 0.3 is 0 Å². The van der Waals surface area contributed by atoms with Crippen LogP contribution < -0.4 is 5.32 Å². The van der Waals surface area contributed by atoms with Crippen LogP contribution in [0.2, 0.25) is 0 Å². The van der Waals surface area contributed by atoms with Crippen molar-refractivity contribution in [1.29, 1.82) is 0 Å². The molecule has 0 atom stereocenters. The van der Waals surface area contributed by atoms with E-state index in [1.54, 1.807) is 0 Å². The summed E-state index contributed by atoms with van der Waals surface area (Å²) < 4.78 is 1.89. The van der Waals surface area contributed by atoms with Crippen molar-refractivity contribution in [3.8, 4) is 22.5 Å². The van der Waals surface area contributed by atoms with Gasteiger partial charge < -0.3 is 5.32 Å². The number of nitrogens with zero attached hydrogens (tertiary/aromatic N) is 6. The number of carbonyl (C=O) groups excluding carboxylic acids is 1. The molecular formula is C27H32N8O. The number of rotatable bonds is 7. The second-order valence-corrected chi connectivity index (χ2v) is 10.7. The average Bonchev–Trinajstić information content (AvgIpc) is 3.62. The molecule has 0 bridgehead atoms. The maximum Gasteiger partial charge on any atom is 0.291 e. The number of carbonyl (C=O) groups is 1. The Morgan fingerprint density at radius 2 is 1.78 bits per heavy atom. The highest BCUT2D eigenvalue weighted by atomic mass is 16.2. The summed E-state index contributed by atoms with van der Waals surface area (Å²) >= 11 is 0. The van der Waals surface area contributed by atoms with E-state index in [0.717, 1.165) is 53.8 Å². The Bertz CT molecular complexity index is 1310. The van der Waals surface area contributed by atoms with E-state index >= 15 is 0 Å². The van der Waals surface area contributed by atoms with Gasteiger partial charge in [-0.25, -0.2) is 9.67 Å². The van der Waals surface area contributed by atoms with E-state index in [1.807, 2.05) is 22.9 Å². The lowest BCUT2D eigenvalue weighted by Crippen LogP contribution is -2.33. The minimum atomic E-state index is -0.177. The van der Waals surface area contributed by atoms with Gasteiger partial charge in [0.25, 0.3) is 5.91 Å². The van der Waals surface area contributed by atoms with Crippen molar-refractivity contribution in [2.45, 2.75) is 65.5 Å². The maximum absolute atomic E-state index is 12.8. The lowest BCUT2D eigenvalue weighted by atomic mass is 9.96. The van der Waals surface area contributed by atoms with Crippen LogP contribution in [-0.4, -0.2) is 47.3 Å². The number of hydrogen-bond donors (Lipinski definition) is 2. The van der Waals surface area contributed by atoms with Crippen molar-refractivity contribution in [1.82, 2.24) is 40.7 Å². The predicted octanol–water partition coefficient (Wildman–Crippen LogP) is 4.43. The van der Waals surface area contributed by atoms with Crippen LogP contribution in [0, 0.1) is 5.41 Å². The van der Waals surface area contributed by atoms with E-state index in [9.17, 15) is 4.79 Å². The van der Waals surface area contributed by atoms with E-state index in [1.165, 1.54) is 0 Å². The Labute approximate surface area is 210 Å². The molecule has 0 unspecified atom stereocenters. The van der Waals surface area contributed by atoms with Gasteiger partial charge in [0.2, 0.25) is 11.6 Å². The molecule has 186 valence electrons. The molecule has 1 fully saturated rings. The maximum atomic E-state index is 12.8. The monoisotopic (exact) mass is 484 g/mol. The van der Waals surface area contributed by atoms with Crippen LogP contribution in [0.5, 0.6) is 0 Å². The zero-order valence-corrected chi connectivity index (χ0v) is 21.0.